The molecule has 8 heteroatoms. The number of rotatable bonds is 5. The van der Waals surface area contributed by atoms with Crippen molar-refractivity contribution in [2.24, 2.45) is 7.05 Å². The lowest BCUT2D eigenvalue weighted by Crippen LogP contribution is -2.19. The van der Waals surface area contributed by atoms with Crippen LogP contribution >= 0.6 is 0 Å². The lowest BCUT2D eigenvalue weighted by atomic mass is 10.1. The average Bonchev–Trinajstić information content (AvgIpc) is 3.38. The Hall–Kier alpha value is -3.42. The van der Waals surface area contributed by atoms with Crippen LogP contribution in [0.5, 0.6) is 5.88 Å². The van der Waals surface area contributed by atoms with Crippen LogP contribution < -0.4 is 15.0 Å². The number of amides is 1. The highest BCUT2D eigenvalue weighted by atomic mass is 16.5. The van der Waals surface area contributed by atoms with E-state index in [0.717, 1.165) is 30.2 Å². The number of carbonyl (C=O) groups is 1. The number of hydrogen-bond donors (Lipinski definition) is 1. The average molecular weight is 378 g/mol. The van der Waals surface area contributed by atoms with Crippen LogP contribution in [0, 0.1) is 0 Å². The minimum Gasteiger partial charge on any atom is -0.479 e. The predicted molar refractivity (Wildman–Crippen MR) is 107 cm³/mol. The number of ether oxygens (including phenoxy) is 1. The van der Waals surface area contributed by atoms with Gasteiger partial charge in [-0.05, 0) is 37.1 Å². The van der Waals surface area contributed by atoms with E-state index < -0.39 is 0 Å². The molecule has 0 saturated carbocycles. The standard InChI is InChI=1S/C20H22N6O2/c1-25-13-16(20(24-25)28-2)19(27)21-15-7-5-14(6-8-15)17-9-10-18(23-22-17)26-11-3-4-12-26/h5-10,13H,3-4,11-12H2,1-2H3,(H,21,27). The molecule has 1 amide bonds. The summed E-state index contributed by atoms with van der Waals surface area (Å²) in [6.07, 6.45) is 4.04. The van der Waals surface area contributed by atoms with Crippen molar-refractivity contribution in [1.29, 1.82) is 0 Å². The molecule has 1 aliphatic rings. The number of methoxy groups -OCH3 is 1. The van der Waals surface area contributed by atoms with Crippen molar-refractivity contribution in [3.05, 3.63) is 48.2 Å². The van der Waals surface area contributed by atoms with Gasteiger partial charge in [-0.2, -0.15) is 0 Å². The molecule has 8 nitrogen and oxygen atoms in total. The van der Waals surface area contributed by atoms with Crippen molar-refractivity contribution in [2.45, 2.75) is 12.8 Å². The second-order valence-corrected chi connectivity index (χ2v) is 6.73. The molecule has 0 radical (unpaired) electrons. The quantitative estimate of drug-likeness (QED) is 0.735. The van der Waals surface area contributed by atoms with Gasteiger partial charge in [0.25, 0.3) is 5.91 Å². The highest BCUT2D eigenvalue weighted by molar-refractivity contribution is 6.05. The topological polar surface area (TPSA) is 85.2 Å². The van der Waals surface area contributed by atoms with E-state index in [0.29, 0.717) is 17.1 Å². The second kappa shape index (κ2) is 7.67. The van der Waals surface area contributed by atoms with Crippen LogP contribution in [0.1, 0.15) is 23.2 Å². The Morgan fingerprint density at radius 3 is 2.46 bits per heavy atom. The molecule has 0 atom stereocenters. The van der Waals surface area contributed by atoms with E-state index in [4.69, 9.17) is 4.74 Å². The Labute approximate surface area is 163 Å². The molecule has 0 bridgehead atoms. The highest BCUT2D eigenvalue weighted by Gasteiger charge is 2.17. The molecular weight excluding hydrogens is 356 g/mol. The summed E-state index contributed by atoms with van der Waals surface area (Å²) in [7, 11) is 3.23. The number of benzene rings is 1. The molecule has 3 aromatic rings. The Kier molecular flexibility index (Phi) is 4.92. The van der Waals surface area contributed by atoms with E-state index in [1.54, 1.807) is 17.9 Å². The minimum atomic E-state index is -0.271. The van der Waals surface area contributed by atoms with E-state index in [2.05, 4.69) is 25.5 Å². The Morgan fingerprint density at radius 1 is 1.07 bits per heavy atom. The smallest absolute Gasteiger partial charge is 0.262 e. The molecule has 1 aromatic carbocycles. The lowest BCUT2D eigenvalue weighted by molar-refractivity contribution is 0.102. The first-order valence-corrected chi connectivity index (χ1v) is 9.22. The number of nitrogens with one attached hydrogen (secondary N) is 1. The van der Waals surface area contributed by atoms with Crippen LogP contribution in [0.3, 0.4) is 0 Å². The van der Waals surface area contributed by atoms with E-state index in [9.17, 15) is 4.79 Å². The molecule has 4 rings (SSSR count). The van der Waals surface area contributed by atoms with Gasteiger partial charge in [0, 0.05) is 37.6 Å². The number of aromatic nitrogens is 4. The molecule has 1 saturated heterocycles. The summed E-state index contributed by atoms with van der Waals surface area (Å²) in [5.41, 5.74) is 2.81. The van der Waals surface area contributed by atoms with Crippen LogP contribution in [-0.2, 0) is 7.05 Å². The maximum Gasteiger partial charge on any atom is 0.262 e. The first-order valence-electron chi connectivity index (χ1n) is 9.22. The first kappa shape index (κ1) is 18.0. The third kappa shape index (κ3) is 3.66. The maximum absolute atomic E-state index is 12.5. The van der Waals surface area contributed by atoms with Crippen molar-refractivity contribution in [3.63, 3.8) is 0 Å². The number of hydrogen-bond acceptors (Lipinski definition) is 6. The van der Waals surface area contributed by atoms with Crippen LogP contribution in [0.15, 0.2) is 42.6 Å². The number of nitrogens with zero attached hydrogens (tertiary/aromatic N) is 5. The SMILES string of the molecule is COc1nn(C)cc1C(=O)Nc1ccc(-c2ccc(N3CCCC3)nn2)cc1. The highest BCUT2D eigenvalue weighted by Crippen LogP contribution is 2.23. The van der Waals surface area contributed by atoms with Gasteiger partial charge in [-0.3, -0.25) is 9.48 Å². The normalized spacial score (nSPS) is 13.6. The number of aryl methyl sites for hydroxylation is 1. The molecule has 144 valence electrons. The van der Waals surface area contributed by atoms with Gasteiger partial charge in [0.15, 0.2) is 5.82 Å². The molecule has 0 spiro atoms. The summed E-state index contributed by atoms with van der Waals surface area (Å²) < 4.78 is 6.68. The van der Waals surface area contributed by atoms with E-state index >= 15 is 0 Å². The van der Waals surface area contributed by atoms with Crippen LogP contribution in [0.2, 0.25) is 0 Å². The Balaban J connectivity index is 1.45. The van der Waals surface area contributed by atoms with Crippen LogP contribution in [-0.4, -0.2) is 46.1 Å². The van der Waals surface area contributed by atoms with Crippen LogP contribution in [0.25, 0.3) is 11.3 Å². The first-order chi connectivity index (χ1) is 13.6. The molecule has 28 heavy (non-hydrogen) atoms. The molecule has 1 aliphatic heterocycles. The zero-order valence-corrected chi connectivity index (χ0v) is 15.9. The largest absolute Gasteiger partial charge is 0.479 e. The van der Waals surface area contributed by atoms with Crippen molar-refractivity contribution in [3.8, 4) is 17.1 Å². The van der Waals surface area contributed by atoms with Crippen molar-refractivity contribution in [2.75, 3.05) is 30.4 Å². The second-order valence-electron chi connectivity index (χ2n) is 6.73. The van der Waals surface area contributed by atoms with Gasteiger partial charge >= 0.3 is 0 Å². The van der Waals surface area contributed by atoms with Crippen molar-refractivity contribution in [1.82, 2.24) is 20.0 Å². The molecular formula is C20H22N6O2. The third-order valence-corrected chi connectivity index (χ3v) is 4.75. The van der Waals surface area contributed by atoms with Crippen molar-refractivity contribution < 1.29 is 9.53 Å². The van der Waals surface area contributed by atoms with E-state index in [1.807, 2.05) is 36.4 Å². The lowest BCUT2D eigenvalue weighted by Gasteiger charge is -2.15. The predicted octanol–water partition coefficient (Wildman–Crippen LogP) is 2.74. The van der Waals surface area contributed by atoms with Gasteiger partial charge in [0.1, 0.15) is 5.56 Å². The van der Waals surface area contributed by atoms with Gasteiger partial charge in [0.05, 0.1) is 12.8 Å². The van der Waals surface area contributed by atoms with Gasteiger partial charge in [-0.1, -0.05) is 12.1 Å². The summed E-state index contributed by atoms with van der Waals surface area (Å²) in [5.74, 6) is 0.952. The third-order valence-electron chi connectivity index (χ3n) is 4.75. The van der Waals surface area contributed by atoms with E-state index in [-0.39, 0.29) is 5.91 Å². The molecule has 2 aromatic heterocycles. The number of carbonyl (C=O) groups excluding carboxylic acids is 1. The van der Waals surface area contributed by atoms with Gasteiger partial charge in [-0.25, -0.2) is 0 Å². The molecule has 1 fully saturated rings. The fraction of sp³-hybridized carbons (Fsp3) is 0.300. The van der Waals surface area contributed by atoms with Gasteiger partial charge in [0.2, 0.25) is 5.88 Å². The Morgan fingerprint density at radius 2 is 1.82 bits per heavy atom. The molecule has 0 unspecified atom stereocenters. The molecule has 0 aliphatic carbocycles. The fourth-order valence-corrected chi connectivity index (χ4v) is 3.29. The summed E-state index contributed by atoms with van der Waals surface area (Å²) in [6, 6.07) is 11.5. The van der Waals surface area contributed by atoms with E-state index in [1.165, 1.54) is 20.0 Å². The summed E-state index contributed by atoms with van der Waals surface area (Å²) in [6.45, 7) is 2.09. The minimum absolute atomic E-state index is 0.271. The zero-order valence-electron chi connectivity index (χ0n) is 15.9. The zero-order chi connectivity index (χ0) is 19.5. The number of anilines is 2. The van der Waals surface area contributed by atoms with Gasteiger partial charge < -0.3 is 15.0 Å². The maximum atomic E-state index is 12.5. The fourth-order valence-electron chi connectivity index (χ4n) is 3.29. The molecule has 1 N–H and O–H groups in total. The molecule has 3 heterocycles. The summed E-state index contributed by atoms with van der Waals surface area (Å²) in [5, 5.41) is 15.7. The van der Waals surface area contributed by atoms with Crippen molar-refractivity contribution >= 4 is 17.4 Å². The summed E-state index contributed by atoms with van der Waals surface area (Å²) in [4.78, 5) is 14.7. The monoisotopic (exact) mass is 378 g/mol. The Bertz CT molecular complexity index is 959. The van der Waals surface area contributed by atoms with Gasteiger partial charge in [-0.15, -0.1) is 15.3 Å². The summed E-state index contributed by atoms with van der Waals surface area (Å²) >= 11 is 0. The van der Waals surface area contributed by atoms with Crippen LogP contribution in [0.4, 0.5) is 11.5 Å².